The Morgan fingerprint density at radius 2 is 1.68 bits per heavy atom. The number of carbonyl (C=O) groups is 3. The van der Waals surface area contributed by atoms with E-state index in [1.807, 2.05) is 6.92 Å². The van der Waals surface area contributed by atoms with Crippen LogP contribution in [0.1, 0.15) is 25.8 Å². The molecule has 1 saturated heterocycles. The zero-order valence-electron chi connectivity index (χ0n) is 14.1. The predicted octanol–water partition coefficient (Wildman–Crippen LogP) is 3.61. The average molecular weight is 385 g/mol. The van der Waals surface area contributed by atoms with E-state index in [1.165, 1.54) is 13.1 Å². The van der Waals surface area contributed by atoms with Crippen LogP contribution in [0.4, 0.5) is 4.79 Å². The van der Waals surface area contributed by atoms with Crippen molar-refractivity contribution < 1.29 is 19.1 Å². The average Bonchev–Trinajstić information content (AvgIpc) is 2.57. The molecule has 0 aromatic heterocycles. The standard InChI is InChI=1S/C17H18Cl2N2O4/c1-4-6-21-16(23)11(15(22)20(3)17(21)24)7-10-8-12(18)14(25-5-2)13(19)9-10/h7-9H,4-6H2,1-3H3. The summed E-state index contributed by atoms with van der Waals surface area (Å²) in [6, 6.07) is 2.47. The van der Waals surface area contributed by atoms with Crippen LogP contribution in [0.15, 0.2) is 17.7 Å². The van der Waals surface area contributed by atoms with Gasteiger partial charge in [-0.25, -0.2) is 4.79 Å². The van der Waals surface area contributed by atoms with Crippen molar-refractivity contribution in [2.24, 2.45) is 0 Å². The molecule has 8 heteroatoms. The van der Waals surface area contributed by atoms with Gasteiger partial charge in [-0.3, -0.25) is 19.4 Å². The molecule has 0 bridgehead atoms. The molecule has 1 fully saturated rings. The van der Waals surface area contributed by atoms with Crippen molar-refractivity contribution in [2.45, 2.75) is 20.3 Å². The van der Waals surface area contributed by atoms with E-state index in [2.05, 4.69) is 0 Å². The van der Waals surface area contributed by atoms with Gasteiger partial charge in [0.15, 0.2) is 5.75 Å². The Morgan fingerprint density at radius 1 is 1.08 bits per heavy atom. The predicted molar refractivity (Wildman–Crippen MR) is 95.8 cm³/mol. The van der Waals surface area contributed by atoms with E-state index in [9.17, 15) is 14.4 Å². The van der Waals surface area contributed by atoms with Gasteiger partial charge in [0.1, 0.15) is 5.57 Å². The second-order valence-corrected chi connectivity index (χ2v) is 6.22. The maximum absolute atomic E-state index is 12.5. The van der Waals surface area contributed by atoms with Gasteiger partial charge in [0.05, 0.1) is 16.7 Å². The second-order valence-electron chi connectivity index (χ2n) is 5.41. The molecule has 0 radical (unpaired) electrons. The largest absolute Gasteiger partial charge is 0.491 e. The van der Waals surface area contributed by atoms with Gasteiger partial charge in [0.2, 0.25) is 0 Å². The molecule has 1 aliphatic heterocycles. The lowest BCUT2D eigenvalue weighted by molar-refractivity contribution is -0.135. The van der Waals surface area contributed by atoms with Crippen LogP contribution in [-0.4, -0.2) is 47.8 Å². The normalized spacial score (nSPS) is 16.8. The molecule has 134 valence electrons. The Labute approximate surface area is 155 Å². The Morgan fingerprint density at radius 3 is 2.20 bits per heavy atom. The summed E-state index contributed by atoms with van der Waals surface area (Å²) < 4.78 is 5.36. The van der Waals surface area contributed by atoms with Crippen LogP contribution in [0.5, 0.6) is 5.75 Å². The first-order valence-electron chi connectivity index (χ1n) is 7.79. The Balaban J connectivity index is 2.46. The molecule has 1 aromatic carbocycles. The molecule has 1 aromatic rings. The Hall–Kier alpha value is -2.05. The summed E-state index contributed by atoms with van der Waals surface area (Å²) in [5.41, 5.74) is 0.348. The Kier molecular flexibility index (Phi) is 6.08. The van der Waals surface area contributed by atoms with Gasteiger partial charge in [0.25, 0.3) is 11.8 Å². The van der Waals surface area contributed by atoms with Crippen molar-refractivity contribution in [1.82, 2.24) is 9.80 Å². The van der Waals surface area contributed by atoms with Crippen LogP contribution in [0, 0.1) is 0 Å². The monoisotopic (exact) mass is 384 g/mol. The van der Waals surface area contributed by atoms with Gasteiger partial charge in [-0.2, -0.15) is 0 Å². The van der Waals surface area contributed by atoms with Crippen LogP contribution in [-0.2, 0) is 9.59 Å². The number of likely N-dealkylation sites (N-methyl/N-ethyl adjacent to an activating group) is 1. The van der Waals surface area contributed by atoms with Crippen LogP contribution in [0.3, 0.4) is 0 Å². The molecule has 0 N–H and O–H groups in total. The number of hydrogen-bond donors (Lipinski definition) is 0. The first kappa shape index (κ1) is 19.3. The SMILES string of the molecule is CCCN1C(=O)C(=Cc2cc(Cl)c(OCC)c(Cl)c2)C(=O)N(C)C1=O. The van der Waals surface area contributed by atoms with Crippen molar-refractivity contribution in [3.63, 3.8) is 0 Å². The highest BCUT2D eigenvalue weighted by atomic mass is 35.5. The fourth-order valence-corrected chi connectivity index (χ4v) is 3.04. The fraction of sp³-hybridized carbons (Fsp3) is 0.353. The van der Waals surface area contributed by atoms with Gasteiger partial charge < -0.3 is 4.74 Å². The summed E-state index contributed by atoms with van der Waals surface area (Å²) in [6.07, 6.45) is 1.97. The number of rotatable bonds is 5. The fourth-order valence-electron chi connectivity index (χ4n) is 2.43. The first-order valence-corrected chi connectivity index (χ1v) is 8.54. The van der Waals surface area contributed by atoms with Gasteiger partial charge in [-0.05, 0) is 37.1 Å². The number of halogens is 2. The minimum absolute atomic E-state index is 0.119. The third kappa shape index (κ3) is 3.80. The van der Waals surface area contributed by atoms with Crippen LogP contribution < -0.4 is 4.74 Å². The first-order chi connectivity index (χ1) is 11.8. The number of benzene rings is 1. The van der Waals surface area contributed by atoms with E-state index in [0.29, 0.717) is 24.3 Å². The van der Waals surface area contributed by atoms with Crippen LogP contribution >= 0.6 is 23.2 Å². The molecule has 0 saturated carbocycles. The number of hydrogen-bond acceptors (Lipinski definition) is 4. The van der Waals surface area contributed by atoms with Gasteiger partial charge in [-0.15, -0.1) is 0 Å². The van der Waals surface area contributed by atoms with E-state index in [4.69, 9.17) is 27.9 Å². The maximum atomic E-state index is 12.5. The maximum Gasteiger partial charge on any atom is 0.333 e. The lowest BCUT2D eigenvalue weighted by Gasteiger charge is -2.31. The summed E-state index contributed by atoms with van der Waals surface area (Å²) in [5.74, 6) is -0.950. The summed E-state index contributed by atoms with van der Waals surface area (Å²) in [4.78, 5) is 38.9. The lowest BCUT2D eigenvalue weighted by Crippen LogP contribution is -2.54. The molecule has 2 rings (SSSR count). The molecule has 0 unspecified atom stereocenters. The van der Waals surface area contributed by atoms with Crippen molar-refractivity contribution >= 4 is 47.1 Å². The number of urea groups is 1. The zero-order chi connectivity index (χ0) is 18.7. The molecule has 25 heavy (non-hydrogen) atoms. The number of carbonyl (C=O) groups excluding carboxylic acids is 3. The van der Waals surface area contributed by atoms with Crippen LogP contribution in [0.25, 0.3) is 6.08 Å². The van der Waals surface area contributed by atoms with E-state index < -0.39 is 17.8 Å². The minimum Gasteiger partial charge on any atom is -0.491 e. The van der Waals surface area contributed by atoms with Crippen molar-refractivity contribution in [3.05, 3.63) is 33.3 Å². The molecule has 6 nitrogen and oxygen atoms in total. The lowest BCUT2D eigenvalue weighted by atomic mass is 10.1. The third-order valence-corrected chi connectivity index (χ3v) is 4.16. The highest BCUT2D eigenvalue weighted by Crippen LogP contribution is 2.35. The molecular formula is C17H18Cl2N2O4. The number of ether oxygens (including phenoxy) is 1. The number of amides is 4. The highest BCUT2D eigenvalue weighted by Gasteiger charge is 2.39. The summed E-state index contributed by atoms with van der Waals surface area (Å²) in [7, 11) is 1.34. The minimum atomic E-state index is -0.663. The van der Waals surface area contributed by atoms with Gasteiger partial charge in [0, 0.05) is 13.6 Å². The zero-order valence-corrected chi connectivity index (χ0v) is 15.6. The molecule has 1 heterocycles. The summed E-state index contributed by atoms with van der Waals surface area (Å²) in [6.45, 7) is 4.27. The van der Waals surface area contributed by atoms with Crippen molar-refractivity contribution in [3.8, 4) is 5.75 Å². The quantitative estimate of drug-likeness (QED) is 0.574. The number of imide groups is 2. The topological polar surface area (TPSA) is 66.9 Å². The highest BCUT2D eigenvalue weighted by molar-refractivity contribution is 6.37. The van der Waals surface area contributed by atoms with Crippen molar-refractivity contribution in [1.29, 1.82) is 0 Å². The summed E-state index contributed by atoms with van der Waals surface area (Å²) in [5, 5.41) is 0.540. The molecule has 4 amide bonds. The van der Waals surface area contributed by atoms with E-state index in [0.717, 1.165) is 9.80 Å². The number of nitrogens with zero attached hydrogens (tertiary/aromatic N) is 2. The van der Waals surface area contributed by atoms with E-state index >= 15 is 0 Å². The number of barbiturate groups is 1. The molecule has 0 aliphatic carbocycles. The van der Waals surface area contributed by atoms with Crippen molar-refractivity contribution in [2.75, 3.05) is 20.2 Å². The van der Waals surface area contributed by atoms with E-state index in [1.54, 1.807) is 19.1 Å². The van der Waals surface area contributed by atoms with Gasteiger partial charge >= 0.3 is 6.03 Å². The summed E-state index contributed by atoms with van der Waals surface area (Å²) >= 11 is 12.3. The smallest absolute Gasteiger partial charge is 0.333 e. The Bertz CT molecular complexity index is 738. The van der Waals surface area contributed by atoms with E-state index in [-0.39, 0.29) is 22.2 Å². The van der Waals surface area contributed by atoms with Gasteiger partial charge in [-0.1, -0.05) is 30.1 Å². The molecule has 1 aliphatic rings. The second kappa shape index (κ2) is 7.89. The molecular weight excluding hydrogens is 367 g/mol. The van der Waals surface area contributed by atoms with Crippen LogP contribution in [0.2, 0.25) is 10.0 Å². The third-order valence-electron chi connectivity index (χ3n) is 3.60. The molecule has 0 spiro atoms. The molecule has 0 atom stereocenters.